The number of halogens is 3. The molecule has 0 heterocycles. The summed E-state index contributed by atoms with van der Waals surface area (Å²) in [6.07, 6.45) is 1.92. The van der Waals surface area contributed by atoms with E-state index in [0.29, 0.717) is 10.0 Å². The van der Waals surface area contributed by atoms with Crippen molar-refractivity contribution in [2.75, 3.05) is 0 Å². The average Bonchev–Trinajstić information content (AvgIpc) is 2.11. The zero-order chi connectivity index (χ0) is 10.7. The van der Waals surface area contributed by atoms with Gasteiger partial charge in [-0.15, -0.1) is 11.6 Å². The third kappa shape index (κ3) is 2.91. The minimum atomic E-state index is -0.0117. The Bertz CT molecular complexity index is 333. The summed E-state index contributed by atoms with van der Waals surface area (Å²) in [5.41, 5.74) is 1.88. The van der Waals surface area contributed by atoms with Gasteiger partial charge in [-0.05, 0) is 26.0 Å². The van der Waals surface area contributed by atoms with Crippen LogP contribution in [0, 0.1) is 0 Å². The summed E-state index contributed by atoms with van der Waals surface area (Å²) in [5.74, 6) is 0. The van der Waals surface area contributed by atoms with Gasteiger partial charge in [0.25, 0.3) is 0 Å². The van der Waals surface area contributed by atoms with E-state index in [1.165, 1.54) is 0 Å². The Kier molecular flexibility index (Phi) is 4.31. The Labute approximate surface area is 99.5 Å². The zero-order valence-electron chi connectivity index (χ0n) is 8.02. The van der Waals surface area contributed by atoms with E-state index in [2.05, 4.69) is 0 Å². The predicted octanol–water partition coefficient (Wildman–Crippen LogP) is 5.02. The molecule has 0 bridgehead atoms. The van der Waals surface area contributed by atoms with Crippen molar-refractivity contribution >= 4 is 40.9 Å². The SMILES string of the molecule is C/C(=C\c1c(Cl)cccc1Cl)C(C)Cl. The molecule has 0 saturated heterocycles. The van der Waals surface area contributed by atoms with Crippen molar-refractivity contribution in [2.45, 2.75) is 19.2 Å². The number of benzene rings is 1. The molecule has 1 atom stereocenters. The molecule has 0 aliphatic rings. The van der Waals surface area contributed by atoms with Gasteiger partial charge in [-0.2, -0.15) is 0 Å². The second kappa shape index (κ2) is 5.06. The maximum atomic E-state index is 6.01. The topological polar surface area (TPSA) is 0 Å². The molecule has 0 nitrogen and oxygen atoms in total. The molecule has 0 amide bonds. The quantitative estimate of drug-likeness (QED) is 0.645. The normalized spacial score (nSPS) is 14.2. The highest BCUT2D eigenvalue weighted by atomic mass is 35.5. The van der Waals surface area contributed by atoms with Crippen molar-refractivity contribution < 1.29 is 0 Å². The van der Waals surface area contributed by atoms with E-state index in [1.807, 2.05) is 38.1 Å². The van der Waals surface area contributed by atoms with Crippen LogP contribution in [-0.2, 0) is 0 Å². The predicted molar refractivity (Wildman–Crippen MR) is 65.4 cm³/mol. The highest BCUT2D eigenvalue weighted by molar-refractivity contribution is 6.37. The number of hydrogen-bond acceptors (Lipinski definition) is 0. The van der Waals surface area contributed by atoms with Crippen LogP contribution in [0.15, 0.2) is 23.8 Å². The molecular formula is C11H11Cl3. The van der Waals surface area contributed by atoms with Crippen molar-refractivity contribution in [3.8, 4) is 0 Å². The Morgan fingerprint density at radius 1 is 1.29 bits per heavy atom. The van der Waals surface area contributed by atoms with Crippen molar-refractivity contribution in [3.63, 3.8) is 0 Å². The third-order valence-electron chi connectivity index (χ3n) is 2.00. The molecule has 1 aromatic rings. The van der Waals surface area contributed by atoms with Crippen LogP contribution in [0.2, 0.25) is 10.0 Å². The van der Waals surface area contributed by atoms with Gasteiger partial charge in [0, 0.05) is 15.6 Å². The third-order valence-corrected chi connectivity index (χ3v) is 3.00. The number of alkyl halides is 1. The first kappa shape index (κ1) is 11.9. The van der Waals surface area contributed by atoms with Gasteiger partial charge in [-0.25, -0.2) is 0 Å². The van der Waals surface area contributed by atoms with Gasteiger partial charge < -0.3 is 0 Å². The monoisotopic (exact) mass is 248 g/mol. The van der Waals surface area contributed by atoms with Gasteiger partial charge in [0.05, 0.1) is 5.38 Å². The number of allylic oxidation sites excluding steroid dienone is 1. The Morgan fingerprint density at radius 3 is 2.21 bits per heavy atom. The lowest BCUT2D eigenvalue weighted by Crippen LogP contribution is -1.92. The maximum Gasteiger partial charge on any atom is 0.0517 e. The summed E-state index contributed by atoms with van der Waals surface area (Å²) < 4.78 is 0. The molecule has 0 aromatic heterocycles. The zero-order valence-corrected chi connectivity index (χ0v) is 10.3. The molecule has 0 fully saturated rings. The maximum absolute atomic E-state index is 6.01. The lowest BCUT2D eigenvalue weighted by molar-refractivity contribution is 1.12. The standard InChI is InChI=1S/C11H11Cl3/c1-7(8(2)12)6-9-10(13)4-3-5-11(9)14/h3-6,8H,1-2H3/b7-6+. The smallest absolute Gasteiger partial charge is 0.0517 e. The van der Waals surface area contributed by atoms with Crippen LogP contribution < -0.4 is 0 Å². The van der Waals surface area contributed by atoms with Crippen LogP contribution in [0.25, 0.3) is 6.08 Å². The highest BCUT2D eigenvalue weighted by Crippen LogP contribution is 2.27. The van der Waals surface area contributed by atoms with Crippen molar-refractivity contribution in [2.24, 2.45) is 0 Å². The minimum Gasteiger partial charge on any atom is -0.118 e. The van der Waals surface area contributed by atoms with Crippen molar-refractivity contribution in [3.05, 3.63) is 39.4 Å². The van der Waals surface area contributed by atoms with E-state index in [1.54, 1.807) is 0 Å². The number of rotatable bonds is 2. The molecule has 3 heteroatoms. The average molecular weight is 250 g/mol. The molecule has 1 aromatic carbocycles. The van der Waals surface area contributed by atoms with E-state index in [-0.39, 0.29) is 5.38 Å². The molecule has 1 rings (SSSR count). The van der Waals surface area contributed by atoms with E-state index in [9.17, 15) is 0 Å². The Hall–Kier alpha value is -0.170. The van der Waals surface area contributed by atoms with E-state index >= 15 is 0 Å². The molecule has 0 aliphatic carbocycles. The summed E-state index contributed by atoms with van der Waals surface area (Å²) in [6.45, 7) is 3.87. The van der Waals surface area contributed by atoms with Crippen LogP contribution in [-0.4, -0.2) is 5.38 Å². The van der Waals surface area contributed by atoms with Crippen molar-refractivity contribution in [1.82, 2.24) is 0 Å². The molecule has 0 radical (unpaired) electrons. The number of hydrogen-bond donors (Lipinski definition) is 0. The van der Waals surface area contributed by atoms with Crippen LogP contribution in [0.1, 0.15) is 19.4 Å². The first-order valence-electron chi connectivity index (χ1n) is 4.28. The Morgan fingerprint density at radius 2 is 1.79 bits per heavy atom. The van der Waals surface area contributed by atoms with Crippen LogP contribution in [0.3, 0.4) is 0 Å². The van der Waals surface area contributed by atoms with Gasteiger partial charge in [-0.3, -0.25) is 0 Å². The molecule has 0 spiro atoms. The second-order valence-electron chi connectivity index (χ2n) is 3.14. The lowest BCUT2D eigenvalue weighted by atomic mass is 10.1. The molecular weight excluding hydrogens is 238 g/mol. The van der Waals surface area contributed by atoms with Gasteiger partial charge in [0.15, 0.2) is 0 Å². The molecule has 14 heavy (non-hydrogen) atoms. The molecule has 0 saturated carbocycles. The van der Waals surface area contributed by atoms with E-state index in [4.69, 9.17) is 34.8 Å². The van der Waals surface area contributed by atoms with Crippen LogP contribution in [0.4, 0.5) is 0 Å². The first-order valence-corrected chi connectivity index (χ1v) is 5.48. The molecule has 0 N–H and O–H groups in total. The molecule has 0 aliphatic heterocycles. The summed E-state index contributed by atoms with van der Waals surface area (Å²) in [5, 5.41) is 1.28. The van der Waals surface area contributed by atoms with Crippen LogP contribution >= 0.6 is 34.8 Å². The van der Waals surface area contributed by atoms with Crippen LogP contribution in [0.5, 0.6) is 0 Å². The minimum absolute atomic E-state index is 0.0117. The molecule has 1 unspecified atom stereocenters. The van der Waals surface area contributed by atoms with Gasteiger partial charge in [0.1, 0.15) is 0 Å². The second-order valence-corrected chi connectivity index (χ2v) is 4.61. The van der Waals surface area contributed by atoms with E-state index < -0.39 is 0 Å². The molecule has 76 valence electrons. The van der Waals surface area contributed by atoms with Gasteiger partial charge >= 0.3 is 0 Å². The largest absolute Gasteiger partial charge is 0.118 e. The fraction of sp³-hybridized carbons (Fsp3) is 0.273. The van der Waals surface area contributed by atoms with Gasteiger partial charge in [-0.1, -0.05) is 40.9 Å². The summed E-state index contributed by atoms with van der Waals surface area (Å²) in [6, 6.07) is 5.44. The van der Waals surface area contributed by atoms with Crippen molar-refractivity contribution in [1.29, 1.82) is 0 Å². The summed E-state index contributed by atoms with van der Waals surface area (Å²) in [4.78, 5) is 0. The summed E-state index contributed by atoms with van der Waals surface area (Å²) >= 11 is 17.9. The Balaban J connectivity index is 3.14. The fourth-order valence-corrected chi connectivity index (χ4v) is 1.56. The first-order chi connectivity index (χ1) is 6.52. The van der Waals surface area contributed by atoms with E-state index in [0.717, 1.165) is 11.1 Å². The summed E-state index contributed by atoms with van der Waals surface area (Å²) in [7, 11) is 0. The highest BCUT2D eigenvalue weighted by Gasteiger charge is 2.05. The lowest BCUT2D eigenvalue weighted by Gasteiger charge is -2.06. The van der Waals surface area contributed by atoms with Gasteiger partial charge in [0.2, 0.25) is 0 Å². The fourth-order valence-electron chi connectivity index (χ4n) is 0.991.